The van der Waals surface area contributed by atoms with E-state index < -0.39 is 7.60 Å². The SMILES string of the molecule is Cc1cc(OC[P@@]2(=O)OCCCCC[C@@H](c3cccc(Cl)c3)O2)cc(C)c1Cc1ccc(O)c(C(C)C)c1. The number of phenolic OH excluding ortho intramolecular Hbond substituents is 1. The van der Waals surface area contributed by atoms with Crippen molar-refractivity contribution in [1.82, 2.24) is 0 Å². The van der Waals surface area contributed by atoms with Gasteiger partial charge in [0.05, 0.1) is 12.7 Å². The number of phenols is 1. The van der Waals surface area contributed by atoms with Crippen LogP contribution >= 0.6 is 19.2 Å². The first-order valence-electron chi connectivity index (χ1n) is 13.4. The minimum Gasteiger partial charge on any atom is -0.508 e. The normalized spacial score (nSPS) is 20.5. The molecule has 204 valence electrons. The average molecular weight is 557 g/mol. The highest BCUT2D eigenvalue weighted by Crippen LogP contribution is 2.54. The molecule has 0 saturated carbocycles. The lowest BCUT2D eigenvalue weighted by atomic mass is 9.93. The van der Waals surface area contributed by atoms with Gasteiger partial charge in [-0.2, -0.15) is 0 Å². The summed E-state index contributed by atoms with van der Waals surface area (Å²) in [6.07, 6.45) is 3.76. The van der Waals surface area contributed by atoms with Crippen molar-refractivity contribution in [2.75, 3.05) is 13.0 Å². The highest BCUT2D eigenvalue weighted by atomic mass is 35.5. The Kier molecular flexibility index (Phi) is 9.59. The van der Waals surface area contributed by atoms with Crippen LogP contribution in [0.4, 0.5) is 0 Å². The van der Waals surface area contributed by atoms with E-state index >= 15 is 0 Å². The third-order valence-electron chi connectivity index (χ3n) is 7.06. The number of ether oxygens (including phenoxy) is 1. The maximum Gasteiger partial charge on any atom is 0.368 e. The second kappa shape index (κ2) is 12.7. The highest BCUT2D eigenvalue weighted by molar-refractivity contribution is 7.53. The van der Waals surface area contributed by atoms with Crippen molar-refractivity contribution in [2.45, 2.75) is 71.8 Å². The molecule has 0 aromatic heterocycles. The van der Waals surface area contributed by atoms with Crippen molar-refractivity contribution in [3.8, 4) is 11.5 Å². The first-order chi connectivity index (χ1) is 18.1. The fourth-order valence-electron chi connectivity index (χ4n) is 4.94. The molecular weight excluding hydrogens is 519 g/mol. The molecule has 1 saturated heterocycles. The molecule has 0 aliphatic carbocycles. The van der Waals surface area contributed by atoms with E-state index in [0.29, 0.717) is 23.1 Å². The van der Waals surface area contributed by atoms with Gasteiger partial charge in [-0.25, -0.2) is 0 Å². The van der Waals surface area contributed by atoms with Gasteiger partial charge in [0.1, 0.15) is 11.5 Å². The van der Waals surface area contributed by atoms with E-state index in [-0.39, 0.29) is 18.4 Å². The molecule has 3 aromatic carbocycles. The number of hydrogen-bond donors (Lipinski definition) is 1. The molecule has 1 N–H and O–H groups in total. The largest absolute Gasteiger partial charge is 0.508 e. The smallest absolute Gasteiger partial charge is 0.368 e. The summed E-state index contributed by atoms with van der Waals surface area (Å²) in [5.74, 6) is 1.22. The van der Waals surface area contributed by atoms with Crippen LogP contribution in [-0.2, 0) is 20.0 Å². The van der Waals surface area contributed by atoms with Crippen molar-refractivity contribution in [1.29, 1.82) is 0 Å². The molecule has 0 amide bonds. The van der Waals surface area contributed by atoms with E-state index in [1.54, 1.807) is 6.07 Å². The Balaban J connectivity index is 1.50. The number of hydrogen-bond acceptors (Lipinski definition) is 5. The molecule has 0 unspecified atom stereocenters. The molecule has 1 aliphatic rings. The molecule has 3 aromatic rings. The molecule has 1 fully saturated rings. The summed E-state index contributed by atoms with van der Waals surface area (Å²) in [4.78, 5) is 0. The topological polar surface area (TPSA) is 65.0 Å². The summed E-state index contributed by atoms with van der Waals surface area (Å²) in [6, 6.07) is 17.3. The van der Waals surface area contributed by atoms with Crippen LogP contribution in [0.15, 0.2) is 54.6 Å². The number of aryl methyl sites for hydroxylation is 2. The summed E-state index contributed by atoms with van der Waals surface area (Å²) < 4.78 is 31.8. The second-order valence-electron chi connectivity index (χ2n) is 10.5. The van der Waals surface area contributed by atoms with E-state index in [0.717, 1.165) is 59.9 Å². The van der Waals surface area contributed by atoms with E-state index in [1.165, 1.54) is 5.56 Å². The van der Waals surface area contributed by atoms with Gasteiger partial charge in [0.2, 0.25) is 0 Å². The number of benzene rings is 3. The zero-order chi connectivity index (χ0) is 27.3. The van der Waals surface area contributed by atoms with E-state index in [9.17, 15) is 9.67 Å². The lowest BCUT2D eigenvalue weighted by Gasteiger charge is -2.24. The van der Waals surface area contributed by atoms with Crippen LogP contribution in [0.25, 0.3) is 0 Å². The van der Waals surface area contributed by atoms with Crippen molar-refractivity contribution in [2.24, 2.45) is 0 Å². The molecule has 0 bridgehead atoms. The minimum atomic E-state index is -3.52. The predicted octanol–water partition coefficient (Wildman–Crippen LogP) is 9.25. The quantitative estimate of drug-likeness (QED) is 0.294. The molecule has 0 spiro atoms. The van der Waals surface area contributed by atoms with Crippen molar-refractivity contribution < 1.29 is 23.5 Å². The van der Waals surface area contributed by atoms with Gasteiger partial charge in [-0.15, -0.1) is 0 Å². The number of rotatable bonds is 7. The van der Waals surface area contributed by atoms with E-state index in [1.807, 2.05) is 42.5 Å². The molecule has 7 heteroatoms. The Morgan fingerprint density at radius 3 is 2.53 bits per heavy atom. The van der Waals surface area contributed by atoms with Gasteiger partial charge in [-0.3, -0.25) is 9.09 Å². The van der Waals surface area contributed by atoms with Crippen LogP contribution in [0.2, 0.25) is 5.02 Å². The summed E-state index contributed by atoms with van der Waals surface area (Å²) in [7, 11) is -3.52. The van der Waals surface area contributed by atoms with E-state index in [2.05, 4.69) is 33.8 Å². The standard InChI is InChI=1S/C31H38ClO5P/c1-21(2)28-17-24(12-13-30(28)33)18-29-22(3)15-27(16-23(29)4)35-20-38(34)36-14-7-5-6-11-31(37-38)25-9-8-10-26(32)19-25/h8-10,12-13,15-17,19,21,31,33H,5-7,11,14,18,20H2,1-4H3/t31-,38+/m0/s1. The third-order valence-corrected chi connectivity index (χ3v) is 8.89. The summed E-state index contributed by atoms with van der Waals surface area (Å²) in [5, 5.41) is 10.8. The van der Waals surface area contributed by atoms with Crippen LogP contribution in [0.5, 0.6) is 11.5 Å². The van der Waals surface area contributed by atoms with Crippen LogP contribution in [0, 0.1) is 13.8 Å². The Morgan fingerprint density at radius 1 is 1.05 bits per heavy atom. The molecule has 1 heterocycles. The molecule has 38 heavy (non-hydrogen) atoms. The van der Waals surface area contributed by atoms with Crippen LogP contribution in [0.3, 0.4) is 0 Å². The van der Waals surface area contributed by atoms with Gasteiger partial charge in [-0.05, 0) is 103 Å². The maximum atomic E-state index is 13.8. The lowest BCUT2D eigenvalue weighted by Crippen LogP contribution is -2.10. The molecule has 4 rings (SSSR count). The summed E-state index contributed by atoms with van der Waals surface area (Å²) in [6.45, 7) is 8.65. The minimum absolute atomic E-state index is 0.155. The highest BCUT2D eigenvalue weighted by Gasteiger charge is 2.32. The molecule has 0 radical (unpaired) electrons. The fraction of sp³-hybridized carbons (Fsp3) is 0.419. The van der Waals surface area contributed by atoms with Crippen LogP contribution in [-0.4, -0.2) is 18.1 Å². The zero-order valence-electron chi connectivity index (χ0n) is 22.7. The Morgan fingerprint density at radius 2 is 1.82 bits per heavy atom. The molecule has 2 atom stereocenters. The van der Waals surface area contributed by atoms with Crippen molar-refractivity contribution in [3.05, 3.63) is 93.0 Å². The van der Waals surface area contributed by atoms with Crippen LogP contribution in [0.1, 0.15) is 84.9 Å². The summed E-state index contributed by atoms with van der Waals surface area (Å²) in [5.41, 5.74) is 6.38. The van der Waals surface area contributed by atoms with Crippen molar-refractivity contribution >= 4 is 19.2 Å². The molecule has 1 aliphatic heterocycles. The average Bonchev–Trinajstić information content (AvgIpc) is 2.96. The first kappa shape index (κ1) is 28.7. The van der Waals surface area contributed by atoms with Gasteiger partial charge in [0.15, 0.2) is 6.35 Å². The number of aromatic hydroxyl groups is 1. The summed E-state index contributed by atoms with van der Waals surface area (Å²) >= 11 is 6.21. The van der Waals surface area contributed by atoms with Gasteiger partial charge < -0.3 is 14.4 Å². The fourth-order valence-corrected chi connectivity index (χ4v) is 6.67. The Bertz CT molecular complexity index is 1280. The monoisotopic (exact) mass is 556 g/mol. The van der Waals surface area contributed by atoms with Gasteiger partial charge in [0.25, 0.3) is 0 Å². The first-order valence-corrected chi connectivity index (χ1v) is 15.5. The zero-order valence-corrected chi connectivity index (χ0v) is 24.4. The van der Waals surface area contributed by atoms with Crippen LogP contribution < -0.4 is 4.74 Å². The predicted molar refractivity (Wildman–Crippen MR) is 154 cm³/mol. The van der Waals surface area contributed by atoms with Gasteiger partial charge >= 0.3 is 7.60 Å². The van der Waals surface area contributed by atoms with Gasteiger partial charge in [-0.1, -0.05) is 62.6 Å². The number of halogens is 1. The Hall–Kier alpha value is -2.30. The molecule has 5 nitrogen and oxygen atoms in total. The molecular formula is C31H38ClO5P. The Labute approximate surface area is 231 Å². The van der Waals surface area contributed by atoms with Gasteiger partial charge in [0, 0.05) is 5.02 Å². The van der Waals surface area contributed by atoms with E-state index in [4.69, 9.17) is 25.4 Å². The van der Waals surface area contributed by atoms with Crippen molar-refractivity contribution in [3.63, 3.8) is 0 Å². The maximum absolute atomic E-state index is 13.8. The lowest BCUT2D eigenvalue weighted by molar-refractivity contribution is 0.135. The third kappa shape index (κ3) is 7.42. The second-order valence-corrected chi connectivity index (χ2v) is 12.9.